The molecule has 1 aromatic rings. The van der Waals surface area contributed by atoms with E-state index >= 15 is 0 Å². The van der Waals surface area contributed by atoms with Crippen molar-refractivity contribution < 1.29 is 14.3 Å². The summed E-state index contributed by atoms with van der Waals surface area (Å²) in [6, 6.07) is 0. The molecule has 0 fully saturated rings. The fourth-order valence-corrected chi connectivity index (χ4v) is 5.08. The quantitative estimate of drug-likeness (QED) is 0.848. The van der Waals surface area contributed by atoms with Crippen LogP contribution in [0, 0.1) is 5.92 Å². The van der Waals surface area contributed by atoms with E-state index in [2.05, 4.69) is 34.5 Å². The van der Waals surface area contributed by atoms with Crippen LogP contribution in [0.1, 0.15) is 26.7 Å². The molecule has 26 heavy (non-hydrogen) atoms. The van der Waals surface area contributed by atoms with E-state index in [1.54, 1.807) is 23.3 Å². The number of nitrogens with zero attached hydrogens (tertiary/aromatic N) is 4. The summed E-state index contributed by atoms with van der Waals surface area (Å²) in [6.07, 6.45) is 3.20. The molecule has 0 aromatic carbocycles. The second kappa shape index (κ2) is 6.75. The predicted octanol–water partition coefficient (Wildman–Crippen LogP) is 2.82. The molecule has 0 radical (unpaired) electrons. The molecule has 4 heterocycles. The van der Waals surface area contributed by atoms with Gasteiger partial charge in [0.25, 0.3) is 5.91 Å². The number of aromatic nitrogens is 1. The standard InChI is InChI=1S/C16H19N5O3S2/c1-3-16(2)6-9-10(8-24-16)26-13-12(9)14(23)21(20-19-13)7-11(22)18-15-17-4-5-25-15/h4-5,12-13H,3,6-8H2,1-2H3,(H,17,18,22)/t12-,13+,16-/m1/s1. The molecule has 0 saturated heterocycles. The van der Waals surface area contributed by atoms with Crippen LogP contribution in [0.2, 0.25) is 0 Å². The molecule has 3 atom stereocenters. The molecule has 138 valence electrons. The van der Waals surface area contributed by atoms with E-state index in [0.717, 1.165) is 16.9 Å². The molecule has 0 unspecified atom stereocenters. The monoisotopic (exact) mass is 393 g/mol. The number of nitrogens with one attached hydrogen (secondary N) is 1. The average molecular weight is 393 g/mol. The minimum atomic E-state index is -0.352. The molecule has 0 aliphatic carbocycles. The van der Waals surface area contributed by atoms with Crippen molar-refractivity contribution in [2.24, 2.45) is 16.3 Å². The van der Waals surface area contributed by atoms with Gasteiger partial charge in [-0.3, -0.25) is 9.59 Å². The van der Waals surface area contributed by atoms with Crippen LogP contribution in [-0.4, -0.2) is 45.9 Å². The highest BCUT2D eigenvalue weighted by atomic mass is 32.2. The lowest BCUT2D eigenvalue weighted by Gasteiger charge is -2.35. The SMILES string of the molecule is CC[C@]1(C)CC2=C(CO1)S[C@@H]1N=NN(CC(=O)Nc3nccs3)C(=O)[C@H]21. The van der Waals surface area contributed by atoms with E-state index in [-0.39, 0.29) is 35.3 Å². The fraction of sp³-hybridized carbons (Fsp3) is 0.562. The summed E-state index contributed by atoms with van der Waals surface area (Å²) < 4.78 is 5.97. The molecule has 8 nitrogen and oxygen atoms in total. The number of anilines is 1. The van der Waals surface area contributed by atoms with Crippen LogP contribution < -0.4 is 5.32 Å². The van der Waals surface area contributed by atoms with Gasteiger partial charge in [-0.15, -0.1) is 11.3 Å². The third kappa shape index (κ3) is 3.17. The lowest BCUT2D eigenvalue weighted by molar-refractivity contribution is -0.139. The Balaban J connectivity index is 1.48. The van der Waals surface area contributed by atoms with E-state index in [4.69, 9.17) is 4.74 Å². The summed E-state index contributed by atoms with van der Waals surface area (Å²) in [5.41, 5.74) is 0.848. The van der Waals surface area contributed by atoms with Gasteiger partial charge in [-0.05, 0) is 25.3 Å². The van der Waals surface area contributed by atoms with Gasteiger partial charge in [0.05, 0.1) is 18.1 Å². The van der Waals surface area contributed by atoms with Crippen LogP contribution in [0.4, 0.5) is 5.13 Å². The first-order valence-corrected chi connectivity index (χ1v) is 10.2. The predicted molar refractivity (Wildman–Crippen MR) is 98.5 cm³/mol. The van der Waals surface area contributed by atoms with E-state index in [1.165, 1.54) is 16.3 Å². The lowest BCUT2D eigenvalue weighted by Crippen LogP contribution is -2.44. The molecule has 10 heteroatoms. The molecular formula is C16H19N5O3S2. The van der Waals surface area contributed by atoms with Gasteiger partial charge in [-0.1, -0.05) is 23.9 Å². The van der Waals surface area contributed by atoms with Crippen LogP contribution in [0.15, 0.2) is 32.4 Å². The third-order valence-corrected chi connectivity index (χ3v) is 6.87. The summed E-state index contributed by atoms with van der Waals surface area (Å²) in [6.45, 7) is 4.51. The van der Waals surface area contributed by atoms with Gasteiger partial charge in [0, 0.05) is 16.5 Å². The molecule has 3 aliphatic heterocycles. The van der Waals surface area contributed by atoms with Crippen molar-refractivity contribution >= 4 is 40.0 Å². The second-order valence-electron chi connectivity index (χ2n) is 6.69. The smallest absolute Gasteiger partial charge is 0.254 e. The van der Waals surface area contributed by atoms with Crippen LogP contribution in [0.5, 0.6) is 0 Å². The van der Waals surface area contributed by atoms with Crippen LogP contribution >= 0.6 is 23.1 Å². The number of thioether (sulfide) groups is 1. The Kier molecular flexibility index (Phi) is 4.57. The fourth-order valence-electron chi connectivity index (χ4n) is 3.26. The van der Waals surface area contributed by atoms with Crippen LogP contribution in [0.25, 0.3) is 0 Å². The highest BCUT2D eigenvalue weighted by Crippen LogP contribution is 2.51. The number of hydrogen-bond donors (Lipinski definition) is 1. The Hall–Kier alpha value is -1.78. The van der Waals surface area contributed by atoms with Gasteiger partial charge < -0.3 is 10.1 Å². The average Bonchev–Trinajstić information content (AvgIpc) is 3.24. The summed E-state index contributed by atoms with van der Waals surface area (Å²) in [5.74, 6) is -0.858. The molecular weight excluding hydrogens is 374 g/mol. The maximum absolute atomic E-state index is 13.0. The summed E-state index contributed by atoms with van der Waals surface area (Å²) in [5, 5.41) is 14.1. The highest BCUT2D eigenvalue weighted by molar-refractivity contribution is 8.04. The maximum Gasteiger partial charge on any atom is 0.254 e. The number of carbonyl (C=O) groups is 2. The molecule has 2 amide bonds. The molecule has 0 spiro atoms. The lowest BCUT2D eigenvalue weighted by atomic mass is 9.84. The summed E-state index contributed by atoms with van der Waals surface area (Å²) >= 11 is 2.88. The zero-order valence-electron chi connectivity index (χ0n) is 14.5. The number of carbonyl (C=O) groups excluding carboxylic acids is 2. The number of amides is 2. The van der Waals surface area contributed by atoms with Crippen molar-refractivity contribution in [3.05, 3.63) is 22.1 Å². The first-order chi connectivity index (χ1) is 12.5. The van der Waals surface area contributed by atoms with Gasteiger partial charge >= 0.3 is 0 Å². The number of ether oxygens (including phenoxy) is 1. The van der Waals surface area contributed by atoms with Crippen molar-refractivity contribution in [3.8, 4) is 0 Å². The van der Waals surface area contributed by atoms with Crippen LogP contribution in [-0.2, 0) is 14.3 Å². The molecule has 1 aromatic heterocycles. The third-order valence-electron chi connectivity index (χ3n) is 4.91. The van der Waals surface area contributed by atoms with Gasteiger partial charge in [0.1, 0.15) is 11.9 Å². The Morgan fingerprint density at radius 1 is 1.54 bits per heavy atom. The van der Waals surface area contributed by atoms with Gasteiger partial charge in [-0.2, -0.15) is 5.11 Å². The highest BCUT2D eigenvalue weighted by Gasteiger charge is 2.49. The van der Waals surface area contributed by atoms with E-state index in [1.807, 2.05) is 0 Å². The van der Waals surface area contributed by atoms with Gasteiger partial charge in [0.15, 0.2) is 5.13 Å². The van der Waals surface area contributed by atoms with Crippen molar-refractivity contribution in [2.45, 2.75) is 37.7 Å². The van der Waals surface area contributed by atoms with Crippen molar-refractivity contribution in [2.75, 3.05) is 18.5 Å². The Morgan fingerprint density at radius 2 is 2.38 bits per heavy atom. The largest absolute Gasteiger partial charge is 0.370 e. The minimum absolute atomic E-state index is 0.167. The van der Waals surface area contributed by atoms with Gasteiger partial charge in [-0.25, -0.2) is 9.99 Å². The normalized spacial score (nSPS) is 30.4. The second-order valence-corrected chi connectivity index (χ2v) is 8.80. The molecule has 4 rings (SSSR count). The summed E-state index contributed by atoms with van der Waals surface area (Å²) in [4.78, 5) is 30.3. The molecule has 0 bridgehead atoms. The topological polar surface area (TPSA) is 96.2 Å². The molecule has 1 N–H and O–H groups in total. The first-order valence-electron chi connectivity index (χ1n) is 8.43. The van der Waals surface area contributed by atoms with Crippen LogP contribution in [0.3, 0.4) is 0 Å². The zero-order chi connectivity index (χ0) is 18.3. The molecule has 3 aliphatic rings. The number of fused-ring (bicyclic) bond motifs is 2. The number of hydrogen-bond acceptors (Lipinski definition) is 8. The van der Waals surface area contributed by atoms with E-state index in [0.29, 0.717) is 18.2 Å². The Bertz CT molecular complexity index is 794. The molecule has 0 saturated carbocycles. The van der Waals surface area contributed by atoms with E-state index in [9.17, 15) is 9.59 Å². The summed E-state index contributed by atoms with van der Waals surface area (Å²) in [7, 11) is 0. The van der Waals surface area contributed by atoms with Crippen molar-refractivity contribution in [3.63, 3.8) is 0 Å². The van der Waals surface area contributed by atoms with Crippen molar-refractivity contribution in [1.82, 2.24) is 9.99 Å². The number of thiazole rings is 1. The number of rotatable bonds is 4. The zero-order valence-corrected chi connectivity index (χ0v) is 16.1. The Labute approximate surface area is 159 Å². The maximum atomic E-state index is 13.0. The first kappa shape index (κ1) is 17.6. The van der Waals surface area contributed by atoms with Gasteiger partial charge in [0.2, 0.25) is 5.91 Å². The minimum Gasteiger partial charge on any atom is -0.370 e. The van der Waals surface area contributed by atoms with E-state index < -0.39 is 0 Å². The Morgan fingerprint density at radius 3 is 3.12 bits per heavy atom. The van der Waals surface area contributed by atoms with Crippen molar-refractivity contribution in [1.29, 1.82) is 0 Å².